The van der Waals surface area contributed by atoms with Crippen molar-refractivity contribution in [2.45, 2.75) is 52.1 Å². The van der Waals surface area contributed by atoms with Crippen molar-refractivity contribution in [3.05, 3.63) is 47.5 Å². The minimum atomic E-state index is -3.84. The van der Waals surface area contributed by atoms with Gasteiger partial charge in [0.1, 0.15) is 18.2 Å². The van der Waals surface area contributed by atoms with Crippen LogP contribution in [-0.2, 0) is 25.2 Å². The molecule has 1 aromatic carbocycles. The van der Waals surface area contributed by atoms with Crippen molar-refractivity contribution in [2.75, 3.05) is 31.2 Å². The Balaban J connectivity index is 1.15. The summed E-state index contributed by atoms with van der Waals surface area (Å²) in [6.45, 7) is 7.66. The predicted octanol–water partition coefficient (Wildman–Crippen LogP) is 3.58. The Morgan fingerprint density at radius 1 is 1.05 bits per heavy atom. The van der Waals surface area contributed by atoms with E-state index in [0.717, 1.165) is 37.1 Å². The molecule has 0 aliphatic carbocycles. The molecule has 2 aliphatic heterocycles. The van der Waals surface area contributed by atoms with Crippen molar-refractivity contribution in [1.82, 2.24) is 20.1 Å². The minimum absolute atomic E-state index is 0.00204. The Kier molecular flexibility index (Phi) is 7.77. The van der Waals surface area contributed by atoms with Gasteiger partial charge < -0.3 is 18.9 Å². The van der Waals surface area contributed by atoms with E-state index in [2.05, 4.69) is 25.0 Å². The summed E-state index contributed by atoms with van der Waals surface area (Å²) >= 11 is 0. The molecule has 0 unspecified atom stereocenters. The normalized spacial score (nSPS) is 18.6. The number of rotatable bonds is 8. The molecule has 38 heavy (non-hydrogen) atoms. The molecule has 13 heteroatoms. The molecule has 3 aromatic rings. The Morgan fingerprint density at radius 2 is 1.74 bits per heavy atom. The topological polar surface area (TPSA) is 139 Å². The van der Waals surface area contributed by atoms with E-state index in [9.17, 15) is 8.42 Å². The second-order valence-corrected chi connectivity index (χ2v) is 11.1. The van der Waals surface area contributed by atoms with Gasteiger partial charge in [-0.25, -0.2) is 18.3 Å². The number of aromatic nitrogens is 4. The molecule has 5 rings (SSSR count). The Morgan fingerprint density at radius 3 is 2.39 bits per heavy atom. The van der Waals surface area contributed by atoms with Crippen molar-refractivity contribution in [3.8, 4) is 17.5 Å². The molecule has 0 N–H and O–H groups in total. The van der Waals surface area contributed by atoms with Crippen LogP contribution in [-0.4, -0.2) is 60.9 Å². The predicted molar refractivity (Wildman–Crippen MR) is 136 cm³/mol. The molecule has 0 saturated carbocycles. The van der Waals surface area contributed by atoms with Crippen molar-refractivity contribution in [1.29, 1.82) is 0 Å². The maximum atomic E-state index is 11.2. The van der Waals surface area contributed by atoms with Crippen LogP contribution in [0.15, 0.2) is 35.1 Å². The molecule has 204 valence electrons. The van der Waals surface area contributed by atoms with E-state index >= 15 is 0 Å². The van der Waals surface area contributed by atoms with Gasteiger partial charge in [0.2, 0.25) is 11.8 Å². The monoisotopic (exact) mass is 545 g/mol. The lowest BCUT2D eigenvalue weighted by Gasteiger charge is -2.30. The van der Waals surface area contributed by atoms with Gasteiger partial charge in [-0.05, 0) is 31.0 Å². The molecule has 0 atom stereocenters. The van der Waals surface area contributed by atoms with E-state index in [0.29, 0.717) is 35.8 Å². The molecular weight excluding hydrogens is 514 g/mol. The zero-order valence-electron chi connectivity index (χ0n) is 21.6. The maximum Gasteiger partial charge on any atom is 0.399 e. The van der Waals surface area contributed by atoms with E-state index in [4.69, 9.17) is 22.4 Å². The third-order valence-electron chi connectivity index (χ3n) is 6.49. The first-order valence-electron chi connectivity index (χ1n) is 12.6. The van der Waals surface area contributed by atoms with Crippen molar-refractivity contribution < 1.29 is 30.8 Å². The minimum Gasteiger partial charge on any atom is -0.474 e. The van der Waals surface area contributed by atoms with Gasteiger partial charge in [0.15, 0.2) is 5.82 Å². The Labute approximate surface area is 221 Å². The van der Waals surface area contributed by atoms with Crippen molar-refractivity contribution >= 4 is 16.4 Å². The summed E-state index contributed by atoms with van der Waals surface area (Å²) in [4.78, 5) is 15.2. The van der Waals surface area contributed by atoms with Crippen molar-refractivity contribution in [3.63, 3.8) is 0 Å². The molecule has 0 radical (unpaired) electrons. The standard InChI is InChI=1S/C25H31N5O7S/c1-16(2)22-28-25(37-29-22)30-10-8-21(9-11-30)36-24-17(3)23(26-15-27-24)35-20-6-4-18(5-7-20)12-19-13-33-38(31,32)34-14-19/h4-7,15-16,19,21H,8-14H2,1-3H3. The quantitative estimate of drug-likeness (QED) is 0.409. The van der Waals surface area contributed by atoms with Crippen LogP contribution in [0.1, 0.15) is 49.6 Å². The average Bonchev–Trinajstić information content (AvgIpc) is 3.40. The fourth-order valence-electron chi connectivity index (χ4n) is 4.25. The van der Waals surface area contributed by atoms with Gasteiger partial charge in [0.25, 0.3) is 0 Å². The van der Waals surface area contributed by atoms with Crippen LogP contribution < -0.4 is 14.4 Å². The lowest BCUT2D eigenvalue weighted by atomic mass is 10.0. The lowest BCUT2D eigenvalue weighted by Crippen LogP contribution is -2.38. The number of ether oxygens (including phenoxy) is 2. The molecule has 0 spiro atoms. The molecule has 12 nitrogen and oxygen atoms in total. The number of benzene rings is 1. The first kappa shape index (κ1) is 26.3. The summed E-state index contributed by atoms with van der Waals surface area (Å²) in [6.07, 6.45) is 3.66. The van der Waals surface area contributed by atoms with E-state index in [1.54, 1.807) is 0 Å². The number of hydrogen-bond donors (Lipinski definition) is 0. The summed E-state index contributed by atoms with van der Waals surface area (Å²) in [5.41, 5.74) is 1.74. The van der Waals surface area contributed by atoms with E-state index in [1.165, 1.54) is 6.33 Å². The highest BCUT2D eigenvalue weighted by molar-refractivity contribution is 7.81. The molecule has 4 heterocycles. The summed E-state index contributed by atoms with van der Waals surface area (Å²) in [5.74, 6) is 2.43. The highest BCUT2D eigenvalue weighted by atomic mass is 32.3. The van der Waals surface area contributed by atoms with Crippen LogP contribution >= 0.6 is 0 Å². The second kappa shape index (κ2) is 11.2. The second-order valence-electron chi connectivity index (χ2n) is 9.80. The van der Waals surface area contributed by atoms with Gasteiger partial charge in [-0.2, -0.15) is 13.4 Å². The summed E-state index contributed by atoms with van der Waals surface area (Å²) in [5, 5.41) is 4.05. The first-order chi connectivity index (χ1) is 18.3. The highest BCUT2D eigenvalue weighted by Crippen LogP contribution is 2.30. The van der Waals surface area contributed by atoms with Crippen LogP contribution in [0.3, 0.4) is 0 Å². The average molecular weight is 546 g/mol. The maximum absolute atomic E-state index is 11.2. The summed E-state index contributed by atoms with van der Waals surface area (Å²) in [7, 11) is -3.84. The number of anilines is 1. The first-order valence-corrected chi connectivity index (χ1v) is 14.0. The zero-order valence-corrected chi connectivity index (χ0v) is 22.4. The number of hydrogen-bond acceptors (Lipinski definition) is 12. The summed E-state index contributed by atoms with van der Waals surface area (Å²) < 4.78 is 49.6. The van der Waals surface area contributed by atoms with Gasteiger partial charge >= 0.3 is 16.4 Å². The fraction of sp³-hybridized carbons (Fsp3) is 0.520. The van der Waals surface area contributed by atoms with Crippen LogP contribution in [0.5, 0.6) is 17.5 Å². The van der Waals surface area contributed by atoms with Crippen LogP contribution in [0.25, 0.3) is 0 Å². The number of nitrogens with zero attached hydrogens (tertiary/aromatic N) is 5. The van der Waals surface area contributed by atoms with Crippen LogP contribution in [0, 0.1) is 12.8 Å². The molecule has 2 aliphatic rings. The van der Waals surface area contributed by atoms with Gasteiger partial charge in [0.05, 0.1) is 18.8 Å². The van der Waals surface area contributed by atoms with Gasteiger partial charge in [0, 0.05) is 37.8 Å². The zero-order chi connectivity index (χ0) is 26.7. The van der Waals surface area contributed by atoms with Gasteiger partial charge in [-0.15, -0.1) is 0 Å². The van der Waals surface area contributed by atoms with E-state index < -0.39 is 10.4 Å². The van der Waals surface area contributed by atoms with E-state index in [-0.39, 0.29) is 31.2 Å². The summed E-state index contributed by atoms with van der Waals surface area (Å²) in [6, 6.07) is 8.09. The Bertz CT molecular complexity index is 1320. The van der Waals surface area contributed by atoms with Crippen LogP contribution in [0.4, 0.5) is 6.01 Å². The van der Waals surface area contributed by atoms with Crippen LogP contribution in [0.2, 0.25) is 0 Å². The molecular formula is C25H31N5O7S. The van der Waals surface area contributed by atoms with Gasteiger partial charge in [-0.3, -0.25) is 0 Å². The molecule has 2 fully saturated rings. The SMILES string of the molecule is Cc1c(Oc2ccc(CC3COS(=O)(=O)OC3)cc2)ncnc1OC1CCN(c2nc(C(C)C)no2)CC1. The molecule has 0 amide bonds. The highest BCUT2D eigenvalue weighted by Gasteiger charge is 2.27. The number of piperidine rings is 1. The molecule has 2 aromatic heterocycles. The largest absolute Gasteiger partial charge is 0.474 e. The molecule has 2 saturated heterocycles. The van der Waals surface area contributed by atoms with Gasteiger partial charge in [-0.1, -0.05) is 31.1 Å². The Hall–Kier alpha value is -3.29. The van der Waals surface area contributed by atoms with E-state index in [1.807, 2.05) is 45.0 Å². The fourth-order valence-corrected chi connectivity index (χ4v) is 5.04. The smallest absolute Gasteiger partial charge is 0.399 e. The third-order valence-corrected chi connectivity index (χ3v) is 7.34. The molecule has 0 bridgehead atoms. The third kappa shape index (κ3) is 6.40. The lowest BCUT2D eigenvalue weighted by molar-refractivity contribution is 0.103. The van der Waals surface area contributed by atoms with Crippen molar-refractivity contribution in [2.24, 2.45) is 5.92 Å².